The Morgan fingerprint density at radius 1 is 1.21 bits per heavy atom. The molecule has 2 rings (SSSR count). The van der Waals surface area contributed by atoms with E-state index in [1.807, 2.05) is 0 Å². The van der Waals surface area contributed by atoms with E-state index in [-0.39, 0.29) is 18.3 Å². The third kappa shape index (κ3) is 5.31. The number of ether oxygens (including phenoxy) is 2. The molecule has 1 amide bonds. The van der Waals surface area contributed by atoms with E-state index in [4.69, 9.17) is 4.74 Å². The average molecular weight is 355 g/mol. The molecule has 0 fully saturated rings. The number of carbonyl (C=O) groups excluding carboxylic acids is 2. The van der Waals surface area contributed by atoms with E-state index in [9.17, 15) is 18.4 Å². The molecular formula is C16H15F2NO4S. The van der Waals surface area contributed by atoms with Gasteiger partial charge in [-0.3, -0.25) is 4.79 Å². The highest BCUT2D eigenvalue weighted by atomic mass is 32.1. The van der Waals surface area contributed by atoms with Crippen LogP contribution in [0.5, 0.6) is 5.75 Å². The van der Waals surface area contributed by atoms with Crippen molar-refractivity contribution in [2.45, 2.75) is 26.2 Å². The van der Waals surface area contributed by atoms with Crippen LogP contribution < -0.4 is 10.1 Å². The van der Waals surface area contributed by atoms with E-state index < -0.39 is 18.6 Å². The maximum absolute atomic E-state index is 12.0. The number of hydrogen-bond donors (Lipinski definition) is 1. The maximum Gasteiger partial charge on any atom is 0.387 e. The Bertz CT molecular complexity index is 674. The molecule has 8 heteroatoms. The van der Waals surface area contributed by atoms with Crippen LogP contribution in [0.3, 0.4) is 0 Å². The molecule has 2 aromatic rings. The molecule has 0 radical (unpaired) electrons. The van der Waals surface area contributed by atoms with Gasteiger partial charge in [0, 0.05) is 0 Å². The molecule has 5 nitrogen and oxygen atoms in total. The highest BCUT2D eigenvalue weighted by Gasteiger charge is 2.18. The van der Waals surface area contributed by atoms with E-state index in [2.05, 4.69) is 10.1 Å². The third-order valence-electron chi connectivity index (χ3n) is 2.98. The van der Waals surface area contributed by atoms with Crippen molar-refractivity contribution in [3.05, 3.63) is 52.2 Å². The average Bonchev–Trinajstić information content (AvgIpc) is 3.08. The van der Waals surface area contributed by atoms with Gasteiger partial charge in [-0.25, -0.2) is 4.79 Å². The van der Waals surface area contributed by atoms with Crippen LogP contribution in [0.15, 0.2) is 41.8 Å². The Hall–Kier alpha value is -2.48. The lowest BCUT2D eigenvalue weighted by molar-refractivity contribution is -0.146. The van der Waals surface area contributed by atoms with Gasteiger partial charge in [0.1, 0.15) is 18.4 Å². The number of thiophene rings is 1. The predicted molar refractivity (Wildman–Crippen MR) is 84.1 cm³/mol. The predicted octanol–water partition coefficient (Wildman–Crippen LogP) is 3.21. The van der Waals surface area contributed by atoms with Crippen molar-refractivity contribution in [1.29, 1.82) is 0 Å². The first-order valence-corrected chi connectivity index (χ1v) is 7.88. The van der Waals surface area contributed by atoms with Crippen molar-refractivity contribution >= 4 is 23.2 Å². The fourth-order valence-electron chi connectivity index (χ4n) is 1.78. The summed E-state index contributed by atoms with van der Waals surface area (Å²) in [5.41, 5.74) is 0.613. The standard InChI is InChI=1S/C16H15F2NO4S/c1-10(19-14(20)13-3-2-8-24-13)15(21)22-9-11-4-6-12(7-5-11)23-16(17)18/h2-8,10,16H,9H2,1H3,(H,19,20). The van der Waals surface area contributed by atoms with Gasteiger partial charge in [-0.1, -0.05) is 18.2 Å². The first-order valence-electron chi connectivity index (χ1n) is 7.00. The number of hydrogen-bond acceptors (Lipinski definition) is 5. The lowest BCUT2D eigenvalue weighted by atomic mass is 10.2. The van der Waals surface area contributed by atoms with E-state index in [0.717, 1.165) is 0 Å². The van der Waals surface area contributed by atoms with Crippen LogP contribution in [-0.2, 0) is 16.1 Å². The van der Waals surface area contributed by atoms with Crippen LogP contribution in [0.25, 0.3) is 0 Å². The van der Waals surface area contributed by atoms with Crippen LogP contribution in [0.2, 0.25) is 0 Å². The minimum absolute atomic E-state index is 0.0247. The van der Waals surface area contributed by atoms with Crippen LogP contribution >= 0.6 is 11.3 Å². The SMILES string of the molecule is CC(NC(=O)c1cccs1)C(=O)OCc1ccc(OC(F)F)cc1. The highest BCUT2D eigenvalue weighted by molar-refractivity contribution is 7.12. The molecule has 0 aliphatic rings. The lowest BCUT2D eigenvalue weighted by Crippen LogP contribution is -2.39. The zero-order valence-corrected chi connectivity index (χ0v) is 13.5. The summed E-state index contributed by atoms with van der Waals surface area (Å²) in [7, 11) is 0. The summed E-state index contributed by atoms with van der Waals surface area (Å²) in [6, 6.07) is 8.33. The van der Waals surface area contributed by atoms with Crippen molar-refractivity contribution in [1.82, 2.24) is 5.32 Å². The van der Waals surface area contributed by atoms with Crippen molar-refractivity contribution in [3.8, 4) is 5.75 Å². The number of carbonyl (C=O) groups is 2. The summed E-state index contributed by atoms with van der Waals surface area (Å²) in [5, 5.41) is 4.31. The fraction of sp³-hybridized carbons (Fsp3) is 0.250. The normalized spacial score (nSPS) is 11.8. The number of alkyl halides is 2. The van der Waals surface area contributed by atoms with Gasteiger partial charge in [-0.2, -0.15) is 8.78 Å². The van der Waals surface area contributed by atoms with Gasteiger partial charge < -0.3 is 14.8 Å². The summed E-state index contributed by atoms with van der Waals surface area (Å²) in [5.74, 6) is -0.910. The van der Waals surface area contributed by atoms with Crippen LogP contribution in [0.1, 0.15) is 22.2 Å². The monoisotopic (exact) mass is 355 g/mol. The van der Waals surface area contributed by atoms with Gasteiger partial charge in [0.15, 0.2) is 0 Å². The first kappa shape index (κ1) is 17.9. The molecule has 1 aromatic carbocycles. The Labute approximate surface area is 141 Å². The van der Waals surface area contributed by atoms with Crippen molar-refractivity contribution in [2.75, 3.05) is 0 Å². The zero-order chi connectivity index (χ0) is 17.5. The van der Waals surface area contributed by atoms with Gasteiger partial charge in [-0.05, 0) is 36.1 Å². The molecule has 1 N–H and O–H groups in total. The molecule has 1 atom stereocenters. The number of nitrogens with one attached hydrogen (secondary N) is 1. The van der Waals surface area contributed by atoms with E-state index in [0.29, 0.717) is 10.4 Å². The summed E-state index contributed by atoms with van der Waals surface area (Å²) in [4.78, 5) is 24.2. The summed E-state index contributed by atoms with van der Waals surface area (Å²) in [6.45, 7) is -1.40. The second-order valence-electron chi connectivity index (χ2n) is 4.80. The molecule has 128 valence electrons. The van der Waals surface area contributed by atoms with Gasteiger partial charge >= 0.3 is 12.6 Å². The fourth-order valence-corrected chi connectivity index (χ4v) is 2.41. The molecule has 0 aliphatic heterocycles. The molecule has 1 aromatic heterocycles. The Morgan fingerprint density at radius 3 is 2.50 bits per heavy atom. The lowest BCUT2D eigenvalue weighted by Gasteiger charge is -2.13. The summed E-state index contributed by atoms with van der Waals surface area (Å²) < 4.78 is 33.4. The molecule has 0 saturated heterocycles. The van der Waals surface area contributed by atoms with Crippen LogP contribution in [0, 0.1) is 0 Å². The molecular weight excluding hydrogens is 340 g/mol. The molecule has 0 aliphatic carbocycles. The zero-order valence-electron chi connectivity index (χ0n) is 12.7. The van der Waals surface area contributed by atoms with Gasteiger partial charge in [0.2, 0.25) is 0 Å². The molecule has 0 spiro atoms. The largest absolute Gasteiger partial charge is 0.459 e. The van der Waals surface area contributed by atoms with E-state index in [1.165, 1.54) is 42.5 Å². The molecule has 0 bridgehead atoms. The number of halogens is 2. The summed E-state index contributed by atoms with van der Waals surface area (Å²) >= 11 is 1.27. The van der Waals surface area contributed by atoms with Crippen molar-refractivity contribution in [3.63, 3.8) is 0 Å². The van der Waals surface area contributed by atoms with Gasteiger partial charge in [0.25, 0.3) is 5.91 Å². The van der Waals surface area contributed by atoms with Crippen molar-refractivity contribution in [2.24, 2.45) is 0 Å². The summed E-state index contributed by atoms with van der Waals surface area (Å²) in [6.07, 6.45) is 0. The van der Waals surface area contributed by atoms with Crippen LogP contribution in [0.4, 0.5) is 8.78 Å². The number of benzene rings is 1. The molecule has 1 heterocycles. The minimum atomic E-state index is -2.89. The molecule has 24 heavy (non-hydrogen) atoms. The maximum atomic E-state index is 12.0. The Kier molecular flexibility index (Phi) is 6.25. The van der Waals surface area contributed by atoms with E-state index >= 15 is 0 Å². The number of esters is 1. The third-order valence-corrected chi connectivity index (χ3v) is 3.84. The minimum Gasteiger partial charge on any atom is -0.459 e. The number of amides is 1. The highest BCUT2D eigenvalue weighted by Crippen LogP contribution is 2.15. The first-order chi connectivity index (χ1) is 11.5. The Morgan fingerprint density at radius 2 is 1.92 bits per heavy atom. The second-order valence-corrected chi connectivity index (χ2v) is 5.75. The van der Waals surface area contributed by atoms with Crippen LogP contribution in [-0.4, -0.2) is 24.5 Å². The second kappa shape index (κ2) is 8.39. The Balaban J connectivity index is 1.80. The molecule has 1 unspecified atom stereocenters. The van der Waals surface area contributed by atoms with Crippen molar-refractivity contribution < 1.29 is 27.8 Å². The van der Waals surface area contributed by atoms with Gasteiger partial charge in [-0.15, -0.1) is 11.3 Å². The quantitative estimate of drug-likeness (QED) is 0.775. The van der Waals surface area contributed by atoms with Gasteiger partial charge in [0.05, 0.1) is 4.88 Å². The van der Waals surface area contributed by atoms with E-state index in [1.54, 1.807) is 17.5 Å². The topological polar surface area (TPSA) is 64.6 Å². The smallest absolute Gasteiger partial charge is 0.387 e. The molecule has 0 saturated carbocycles. The number of rotatable bonds is 7.